The lowest BCUT2D eigenvalue weighted by Crippen LogP contribution is -2.53. The van der Waals surface area contributed by atoms with Gasteiger partial charge in [-0.3, -0.25) is 4.79 Å². The third kappa shape index (κ3) is 2.34. The van der Waals surface area contributed by atoms with Crippen molar-refractivity contribution in [2.75, 3.05) is 24.7 Å². The highest BCUT2D eigenvalue weighted by atomic mass is 16.5. The van der Waals surface area contributed by atoms with Crippen molar-refractivity contribution >= 4 is 11.6 Å². The fraction of sp³-hybridized carbons (Fsp3) is 0.500. The third-order valence-corrected chi connectivity index (χ3v) is 2.94. The zero-order valence-electron chi connectivity index (χ0n) is 11.1. The number of nitrogens with zero attached hydrogens (tertiary/aromatic N) is 1. The molecule has 98 valence electrons. The Morgan fingerprint density at radius 2 is 2.06 bits per heavy atom. The first kappa shape index (κ1) is 12.9. The molecule has 0 aliphatic carbocycles. The smallest absolute Gasteiger partial charge is 0.270 e. The Labute approximate surface area is 107 Å². The standard InChI is InChI=1S/C14H19NO3/c1-4-17-10-9-15-11-7-5-6-8-12(11)18-14(2,3)13(15)16/h5-8H,4,9-10H2,1-3H3. The molecule has 18 heavy (non-hydrogen) atoms. The molecule has 2 rings (SSSR count). The molecule has 0 unspecified atom stereocenters. The molecular weight excluding hydrogens is 230 g/mol. The minimum Gasteiger partial charge on any atom is -0.476 e. The van der Waals surface area contributed by atoms with Crippen molar-refractivity contribution in [1.29, 1.82) is 0 Å². The van der Waals surface area contributed by atoms with Gasteiger partial charge in [-0.2, -0.15) is 0 Å². The van der Waals surface area contributed by atoms with Gasteiger partial charge in [-0.25, -0.2) is 0 Å². The van der Waals surface area contributed by atoms with Crippen LogP contribution in [0.3, 0.4) is 0 Å². The normalized spacial score (nSPS) is 17.3. The van der Waals surface area contributed by atoms with E-state index in [1.807, 2.05) is 31.2 Å². The van der Waals surface area contributed by atoms with Gasteiger partial charge >= 0.3 is 0 Å². The summed E-state index contributed by atoms with van der Waals surface area (Å²) in [6.45, 7) is 7.27. The van der Waals surface area contributed by atoms with Crippen LogP contribution in [0.5, 0.6) is 5.75 Å². The Bertz CT molecular complexity index is 442. The quantitative estimate of drug-likeness (QED) is 0.768. The number of benzene rings is 1. The first-order valence-electron chi connectivity index (χ1n) is 6.24. The fourth-order valence-electron chi connectivity index (χ4n) is 2.04. The molecule has 0 bridgehead atoms. The zero-order valence-corrected chi connectivity index (χ0v) is 11.1. The molecule has 0 saturated carbocycles. The number of fused-ring (bicyclic) bond motifs is 1. The van der Waals surface area contributed by atoms with E-state index in [1.165, 1.54) is 0 Å². The van der Waals surface area contributed by atoms with Gasteiger partial charge in [-0.1, -0.05) is 12.1 Å². The lowest BCUT2D eigenvalue weighted by Gasteiger charge is -2.38. The average molecular weight is 249 g/mol. The molecule has 1 aliphatic heterocycles. The van der Waals surface area contributed by atoms with E-state index >= 15 is 0 Å². The van der Waals surface area contributed by atoms with Crippen LogP contribution in [0.15, 0.2) is 24.3 Å². The Hall–Kier alpha value is -1.55. The number of hydrogen-bond donors (Lipinski definition) is 0. The van der Waals surface area contributed by atoms with Crippen molar-refractivity contribution in [3.63, 3.8) is 0 Å². The summed E-state index contributed by atoms with van der Waals surface area (Å²) in [7, 11) is 0. The molecule has 0 fully saturated rings. The van der Waals surface area contributed by atoms with E-state index in [0.29, 0.717) is 19.8 Å². The number of hydrogen-bond acceptors (Lipinski definition) is 3. The predicted octanol–water partition coefficient (Wildman–Crippen LogP) is 2.23. The summed E-state index contributed by atoms with van der Waals surface area (Å²) in [4.78, 5) is 14.1. The van der Waals surface area contributed by atoms with Crippen LogP contribution < -0.4 is 9.64 Å². The van der Waals surface area contributed by atoms with E-state index in [9.17, 15) is 4.79 Å². The number of carbonyl (C=O) groups is 1. The number of rotatable bonds is 4. The molecule has 0 aromatic heterocycles. The highest BCUT2D eigenvalue weighted by molar-refractivity contribution is 6.02. The predicted molar refractivity (Wildman–Crippen MR) is 70.0 cm³/mol. The summed E-state index contributed by atoms with van der Waals surface area (Å²) < 4.78 is 11.1. The molecule has 4 heteroatoms. The second-order valence-corrected chi connectivity index (χ2v) is 4.73. The van der Waals surface area contributed by atoms with E-state index in [1.54, 1.807) is 18.7 Å². The summed E-state index contributed by atoms with van der Waals surface area (Å²) in [5, 5.41) is 0. The van der Waals surface area contributed by atoms with Gasteiger partial charge in [0.15, 0.2) is 5.60 Å². The van der Waals surface area contributed by atoms with E-state index in [0.717, 1.165) is 11.4 Å². The molecular formula is C14H19NO3. The molecule has 0 radical (unpaired) electrons. The number of amides is 1. The average Bonchev–Trinajstić information content (AvgIpc) is 2.34. The van der Waals surface area contributed by atoms with Crippen LogP contribution >= 0.6 is 0 Å². The van der Waals surface area contributed by atoms with Crippen LogP contribution in [0.2, 0.25) is 0 Å². The van der Waals surface area contributed by atoms with Crippen molar-refractivity contribution in [1.82, 2.24) is 0 Å². The van der Waals surface area contributed by atoms with Gasteiger partial charge in [0, 0.05) is 13.2 Å². The molecule has 1 amide bonds. The minimum atomic E-state index is -0.819. The van der Waals surface area contributed by atoms with Gasteiger partial charge in [0.05, 0.1) is 12.3 Å². The fourth-order valence-corrected chi connectivity index (χ4v) is 2.04. The van der Waals surface area contributed by atoms with Crippen molar-refractivity contribution in [3.05, 3.63) is 24.3 Å². The molecule has 4 nitrogen and oxygen atoms in total. The highest BCUT2D eigenvalue weighted by Crippen LogP contribution is 2.37. The maximum Gasteiger partial charge on any atom is 0.270 e. The van der Waals surface area contributed by atoms with Gasteiger partial charge < -0.3 is 14.4 Å². The molecule has 1 aliphatic rings. The first-order valence-corrected chi connectivity index (χ1v) is 6.24. The Balaban J connectivity index is 2.27. The van der Waals surface area contributed by atoms with Crippen molar-refractivity contribution in [3.8, 4) is 5.75 Å². The van der Waals surface area contributed by atoms with Crippen molar-refractivity contribution < 1.29 is 14.3 Å². The summed E-state index contributed by atoms with van der Waals surface area (Å²) >= 11 is 0. The minimum absolute atomic E-state index is 0.0269. The lowest BCUT2D eigenvalue weighted by molar-refractivity contribution is -0.132. The molecule has 1 heterocycles. The number of para-hydroxylation sites is 2. The van der Waals surface area contributed by atoms with Gasteiger partial charge in [-0.05, 0) is 32.9 Å². The Kier molecular flexibility index (Phi) is 3.57. The molecule has 0 saturated heterocycles. The summed E-state index contributed by atoms with van der Waals surface area (Å²) in [5.41, 5.74) is 0.00198. The van der Waals surface area contributed by atoms with Gasteiger partial charge in [0.25, 0.3) is 5.91 Å². The molecule has 0 atom stereocenters. The second-order valence-electron chi connectivity index (χ2n) is 4.73. The Morgan fingerprint density at radius 1 is 1.33 bits per heavy atom. The van der Waals surface area contributed by atoms with Gasteiger partial charge in [0.2, 0.25) is 0 Å². The Morgan fingerprint density at radius 3 is 2.78 bits per heavy atom. The van der Waals surface area contributed by atoms with E-state index in [2.05, 4.69) is 0 Å². The van der Waals surface area contributed by atoms with E-state index in [-0.39, 0.29) is 5.91 Å². The van der Waals surface area contributed by atoms with Gasteiger partial charge in [0.1, 0.15) is 5.75 Å². The summed E-state index contributed by atoms with van der Waals surface area (Å²) in [6.07, 6.45) is 0. The van der Waals surface area contributed by atoms with E-state index in [4.69, 9.17) is 9.47 Å². The van der Waals surface area contributed by atoms with Crippen LogP contribution in [-0.4, -0.2) is 31.3 Å². The highest BCUT2D eigenvalue weighted by Gasteiger charge is 2.40. The van der Waals surface area contributed by atoms with E-state index < -0.39 is 5.60 Å². The second kappa shape index (κ2) is 4.98. The third-order valence-electron chi connectivity index (χ3n) is 2.94. The first-order chi connectivity index (χ1) is 8.56. The largest absolute Gasteiger partial charge is 0.476 e. The summed E-state index contributed by atoms with van der Waals surface area (Å²) in [5.74, 6) is 0.722. The van der Waals surface area contributed by atoms with Crippen LogP contribution in [-0.2, 0) is 9.53 Å². The topological polar surface area (TPSA) is 38.8 Å². The van der Waals surface area contributed by atoms with Crippen LogP contribution in [0.25, 0.3) is 0 Å². The van der Waals surface area contributed by atoms with Gasteiger partial charge in [-0.15, -0.1) is 0 Å². The van der Waals surface area contributed by atoms with Crippen LogP contribution in [0.4, 0.5) is 5.69 Å². The number of carbonyl (C=O) groups excluding carboxylic acids is 1. The lowest BCUT2D eigenvalue weighted by atomic mass is 10.0. The molecule has 1 aromatic rings. The van der Waals surface area contributed by atoms with Crippen LogP contribution in [0, 0.1) is 0 Å². The zero-order chi connectivity index (χ0) is 13.2. The monoisotopic (exact) mass is 249 g/mol. The summed E-state index contributed by atoms with van der Waals surface area (Å²) in [6, 6.07) is 7.60. The number of anilines is 1. The molecule has 1 aromatic carbocycles. The van der Waals surface area contributed by atoms with Crippen molar-refractivity contribution in [2.45, 2.75) is 26.4 Å². The number of ether oxygens (including phenoxy) is 2. The maximum absolute atomic E-state index is 12.3. The SMILES string of the molecule is CCOCCN1C(=O)C(C)(C)Oc2ccccc21. The molecule has 0 N–H and O–H groups in total. The van der Waals surface area contributed by atoms with Crippen molar-refractivity contribution in [2.24, 2.45) is 0 Å². The van der Waals surface area contributed by atoms with Crippen LogP contribution in [0.1, 0.15) is 20.8 Å². The maximum atomic E-state index is 12.3. The molecule has 0 spiro atoms.